The van der Waals surface area contributed by atoms with Gasteiger partial charge in [0.2, 0.25) is 0 Å². The van der Waals surface area contributed by atoms with Gasteiger partial charge in [0.1, 0.15) is 0 Å². The second-order valence-electron chi connectivity index (χ2n) is 5.91. The molecule has 0 saturated carbocycles. The molecular weight excluding hydrogens is 349 g/mol. The predicted octanol–water partition coefficient (Wildman–Crippen LogP) is -3.57. The summed E-state index contributed by atoms with van der Waals surface area (Å²) in [6.45, 7) is 2.20. The number of carboxylic acids is 1. The van der Waals surface area contributed by atoms with E-state index in [1.165, 1.54) is 25.7 Å². The van der Waals surface area contributed by atoms with Crippen LogP contribution < -0.4 is 110 Å². The molecule has 0 unspecified atom stereocenters. The summed E-state index contributed by atoms with van der Waals surface area (Å²) in [5.74, 6) is -0.689. The van der Waals surface area contributed by atoms with Crippen LogP contribution in [0.4, 0.5) is 0 Å². The number of carbonyl (C=O) groups is 1. The van der Waals surface area contributed by atoms with Crippen molar-refractivity contribution in [2.24, 2.45) is 0 Å². The summed E-state index contributed by atoms with van der Waals surface area (Å²) in [7, 11) is 0. The van der Waals surface area contributed by atoms with Crippen molar-refractivity contribution in [3.8, 4) is 0 Å². The van der Waals surface area contributed by atoms with Crippen LogP contribution in [0.5, 0.6) is 0 Å². The van der Waals surface area contributed by atoms with Crippen molar-refractivity contribution in [1.29, 1.82) is 0 Å². The molecule has 0 heterocycles. The number of rotatable bonds is 15. The number of aliphatic hydroxyl groups excluding tert-OH is 1. The third-order valence-corrected chi connectivity index (χ3v) is 3.73. The molecule has 0 aromatic rings. The normalized spacial score (nSPS) is 11.2. The molecule has 0 radical (unpaired) electrons. The van der Waals surface area contributed by atoms with Crippen LogP contribution in [0.1, 0.15) is 94.7 Å². The first-order valence-electron chi connectivity index (χ1n) is 8.71. The maximum absolute atomic E-state index is 10.3. The van der Waals surface area contributed by atoms with Crippen molar-refractivity contribution >= 4 is 5.97 Å². The van der Waals surface area contributed by atoms with E-state index in [9.17, 15) is 9.90 Å². The van der Waals surface area contributed by atoms with Crippen LogP contribution in [0.2, 0.25) is 0 Å². The Morgan fingerprint density at radius 3 is 2.17 bits per heavy atom. The smallest absolute Gasteiger partial charge is 1.00 e. The van der Waals surface area contributed by atoms with Gasteiger partial charge in [-0.05, 0) is 32.1 Å². The van der Waals surface area contributed by atoms with Gasteiger partial charge < -0.3 is 14.5 Å². The van der Waals surface area contributed by atoms with Crippen LogP contribution in [-0.4, -0.2) is 22.3 Å². The van der Waals surface area contributed by atoms with Crippen molar-refractivity contribution in [2.75, 3.05) is 0 Å². The molecule has 0 rings (SSSR count). The van der Waals surface area contributed by atoms with Gasteiger partial charge in [0.25, 0.3) is 0 Å². The molecule has 0 aromatic carbocycles. The first-order chi connectivity index (χ1) is 10.2. The molecule has 0 aromatic heterocycles. The zero-order valence-electron chi connectivity index (χ0n) is 19.7. The van der Waals surface area contributed by atoms with Crippen LogP contribution in [-0.2, 0) is 4.79 Å². The number of aliphatic hydroxyl groups is 1. The average Bonchev–Trinajstić information content (AvgIpc) is 2.45. The van der Waals surface area contributed by atoms with E-state index in [1.54, 1.807) is 0 Å². The van der Waals surface area contributed by atoms with Gasteiger partial charge in [0.15, 0.2) is 0 Å². The largest absolute Gasteiger partial charge is 1.00 e. The van der Waals surface area contributed by atoms with E-state index in [1.807, 2.05) is 0 Å². The molecule has 0 fully saturated rings. The number of hydrogen-bond donors (Lipinski definition) is 2. The molecule has 0 saturated heterocycles. The molecule has 130 valence electrons. The first-order valence-corrected chi connectivity index (χ1v) is 8.71. The van der Waals surface area contributed by atoms with E-state index in [0.29, 0.717) is 6.42 Å². The minimum Gasteiger partial charge on any atom is -1.00 e. The minimum atomic E-state index is -0.689. The fourth-order valence-corrected chi connectivity index (χ4v) is 2.36. The topological polar surface area (TPSA) is 57.5 Å². The van der Waals surface area contributed by atoms with E-state index in [0.717, 1.165) is 51.4 Å². The van der Waals surface area contributed by atoms with E-state index >= 15 is 0 Å². The van der Waals surface area contributed by atoms with Crippen LogP contribution in [0.15, 0.2) is 12.2 Å². The van der Waals surface area contributed by atoms with Crippen LogP contribution in [0.3, 0.4) is 0 Å². The number of carboxylic acid groups (broad SMARTS) is 1. The van der Waals surface area contributed by atoms with Crippen LogP contribution in [0, 0.1) is 0 Å². The molecule has 0 spiro atoms. The van der Waals surface area contributed by atoms with Gasteiger partial charge in [-0.1, -0.05) is 64.0 Å². The Labute approximate surface area is 240 Å². The fourth-order valence-electron chi connectivity index (χ4n) is 2.36. The van der Waals surface area contributed by atoms with E-state index in [-0.39, 0.29) is 121 Å². The van der Waals surface area contributed by atoms with Crippen molar-refractivity contribution in [1.82, 2.24) is 0 Å². The monoisotopic (exact) mass is 386 g/mol. The Morgan fingerprint density at radius 1 is 0.958 bits per heavy atom. The Bertz CT molecular complexity index is 291. The third-order valence-electron chi connectivity index (χ3n) is 3.73. The Hall–Kier alpha value is 2.81. The van der Waals surface area contributed by atoms with Gasteiger partial charge in [0.05, 0.1) is 6.10 Å². The number of aliphatic carboxylic acids is 1. The molecule has 0 bridgehead atoms. The number of allylic oxidation sites excluding steroid dienone is 1. The van der Waals surface area contributed by atoms with E-state index in [4.69, 9.17) is 5.11 Å². The molecule has 2 N–H and O–H groups in total. The van der Waals surface area contributed by atoms with E-state index < -0.39 is 5.97 Å². The van der Waals surface area contributed by atoms with E-state index in [2.05, 4.69) is 19.1 Å². The summed E-state index contributed by atoms with van der Waals surface area (Å²) >= 11 is 0. The summed E-state index contributed by atoms with van der Waals surface area (Å²) < 4.78 is 0. The zero-order valence-corrected chi connectivity index (χ0v) is 23.9. The average molecular weight is 387 g/mol. The quantitative estimate of drug-likeness (QED) is 0.174. The summed E-state index contributed by atoms with van der Waals surface area (Å²) in [5.41, 5.74) is 0. The Morgan fingerprint density at radius 2 is 1.54 bits per heavy atom. The Balaban J connectivity index is -0.000000133. The maximum Gasteiger partial charge on any atom is 1.00 e. The van der Waals surface area contributed by atoms with Gasteiger partial charge in [0, 0.05) is 6.42 Å². The summed E-state index contributed by atoms with van der Waals surface area (Å²) in [6, 6.07) is 0. The van der Waals surface area contributed by atoms with Crippen molar-refractivity contribution in [3.63, 3.8) is 0 Å². The van der Waals surface area contributed by atoms with Crippen LogP contribution >= 0.6 is 0 Å². The second kappa shape index (κ2) is 28.0. The standard InChI is InChI=1S/C18H34O3.K.2Na.3H/c1-2-3-4-11-14-17(19)15-12-9-7-5-6-8-10-13-16-18(20)21;;;;;;/h9,12,17,19H,2-8,10-11,13-16H2,1H3,(H,20,21);;;;;;/q;3*+1;3*-1/b12-9-;;;;;;/t17-;;;;;;/m1....../s1. The summed E-state index contributed by atoms with van der Waals surface area (Å²) in [6.07, 6.45) is 17.4. The molecular formula is C18H37KNa2O3. The summed E-state index contributed by atoms with van der Waals surface area (Å²) in [4.78, 5) is 10.3. The summed E-state index contributed by atoms with van der Waals surface area (Å²) in [5, 5.41) is 18.3. The zero-order chi connectivity index (χ0) is 15.8. The van der Waals surface area contributed by atoms with Crippen molar-refractivity contribution in [2.45, 2.75) is 96.5 Å². The third kappa shape index (κ3) is 29.6. The molecule has 6 heteroatoms. The van der Waals surface area contributed by atoms with Crippen molar-refractivity contribution < 1.29 is 130 Å². The van der Waals surface area contributed by atoms with Gasteiger partial charge in [-0.3, -0.25) is 4.79 Å². The van der Waals surface area contributed by atoms with Crippen molar-refractivity contribution in [3.05, 3.63) is 12.2 Å². The molecule has 1 atom stereocenters. The Kier molecular flexibility index (Phi) is 40.1. The first kappa shape index (κ1) is 34.3. The van der Waals surface area contributed by atoms with Gasteiger partial charge in [-0.15, -0.1) is 0 Å². The predicted molar refractivity (Wildman–Crippen MR) is 91.8 cm³/mol. The van der Waals surface area contributed by atoms with Gasteiger partial charge >= 0.3 is 116 Å². The second-order valence-corrected chi connectivity index (χ2v) is 5.91. The van der Waals surface area contributed by atoms with Gasteiger partial charge in [-0.2, -0.15) is 0 Å². The molecule has 0 aliphatic heterocycles. The molecule has 0 amide bonds. The fraction of sp³-hybridized carbons (Fsp3) is 0.833. The van der Waals surface area contributed by atoms with Crippen LogP contribution in [0.25, 0.3) is 0 Å². The number of unbranched alkanes of at least 4 members (excludes halogenated alkanes) is 8. The molecule has 3 nitrogen and oxygen atoms in total. The molecule has 0 aliphatic rings. The minimum absolute atomic E-state index is 0. The molecule has 0 aliphatic carbocycles. The SMILES string of the molecule is CCCCCC[C@@H](O)C/C=C\CCCCCCCC(=O)O.[H-].[H-].[H-].[K+].[Na+].[Na+]. The number of hydrogen-bond acceptors (Lipinski definition) is 2. The van der Waals surface area contributed by atoms with Gasteiger partial charge in [-0.25, -0.2) is 0 Å². The maximum atomic E-state index is 10.3. The molecule has 24 heavy (non-hydrogen) atoms.